The van der Waals surface area contributed by atoms with Crippen molar-refractivity contribution in [3.8, 4) is 5.75 Å². The van der Waals surface area contributed by atoms with Crippen LogP contribution in [0.3, 0.4) is 0 Å². The number of hydrogen-bond donors (Lipinski definition) is 1. The van der Waals surface area contributed by atoms with Gasteiger partial charge >= 0.3 is 6.36 Å². The van der Waals surface area contributed by atoms with E-state index < -0.39 is 12.3 Å². The van der Waals surface area contributed by atoms with E-state index in [0.717, 1.165) is 10.4 Å². The lowest BCUT2D eigenvalue weighted by atomic mass is 10.1. The summed E-state index contributed by atoms with van der Waals surface area (Å²) in [6.07, 6.45) is -4.17. The van der Waals surface area contributed by atoms with Gasteiger partial charge in [-0.25, -0.2) is 0 Å². The van der Waals surface area contributed by atoms with E-state index in [1.807, 2.05) is 0 Å². The van der Waals surface area contributed by atoms with Crippen LogP contribution in [0.5, 0.6) is 5.75 Å². The quantitative estimate of drug-likeness (QED) is 0.941. The number of thiophene rings is 1. The Hall–Kier alpha value is -2.02. The van der Waals surface area contributed by atoms with Crippen LogP contribution in [0.25, 0.3) is 0 Å². The van der Waals surface area contributed by atoms with Gasteiger partial charge in [0, 0.05) is 11.3 Å². The molecule has 2 aromatic rings. The van der Waals surface area contributed by atoms with E-state index in [4.69, 9.17) is 5.73 Å². The molecular formula is C13H10F3NO2S. The number of ether oxygens (including phenoxy) is 1. The van der Waals surface area contributed by atoms with E-state index >= 15 is 0 Å². The van der Waals surface area contributed by atoms with Gasteiger partial charge in [-0.2, -0.15) is 0 Å². The van der Waals surface area contributed by atoms with Crippen molar-refractivity contribution in [2.75, 3.05) is 0 Å². The summed E-state index contributed by atoms with van der Waals surface area (Å²) in [4.78, 5) is 12.3. The minimum absolute atomic E-state index is 0.259. The van der Waals surface area contributed by atoms with E-state index in [1.165, 1.54) is 23.5 Å². The number of amides is 1. The zero-order valence-electron chi connectivity index (χ0n) is 10.1. The summed E-state index contributed by atoms with van der Waals surface area (Å²) in [5, 5.41) is 0. The van der Waals surface area contributed by atoms with E-state index in [9.17, 15) is 18.0 Å². The smallest absolute Gasteiger partial charge is 0.406 e. The van der Waals surface area contributed by atoms with Crippen molar-refractivity contribution in [3.05, 3.63) is 51.7 Å². The predicted octanol–water partition coefficient (Wildman–Crippen LogP) is 3.34. The number of carbonyl (C=O) groups is 1. The summed E-state index contributed by atoms with van der Waals surface area (Å²) < 4.78 is 39.8. The van der Waals surface area contributed by atoms with E-state index in [0.29, 0.717) is 11.3 Å². The van der Waals surface area contributed by atoms with Crippen LogP contribution < -0.4 is 10.5 Å². The third kappa shape index (κ3) is 3.99. The van der Waals surface area contributed by atoms with Crippen molar-refractivity contribution >= 4 is 17.2 Å². The summed E-state index contributed by atoms with van der Waals surface area (Å²) in [7, 11) is 0. The van der Waals surface area contributed by atoms with Crippen LogP contribution in [0.4, 0.5) is 13.2 Å². The predicted molar refractivity (Wildman–Crippen MR) is 68.8 cm³/mol. The van der Waals surface area contributed by atoms with Crippen molar-refractivity contribution in [2.24, 2.45) is 5.73 Å². The van der Waals surface area contributed by atoms with Crippen LogP contribution in [0.15, 0.2) is 36.4 Å². The molecular weight excluding hydrogens is 291 g/mol. The minimum atomic E-state index is -4.69. The van der Waals surface area contributed by atoms with E-state index in [-0.39, 0.29) is 5.75 Å². The SMILES string of the molecule is NC(=O)c1ccc(Cc2ccc(OC(F)(F)F)cc2)s1. The number of hydrogen-bond acceptors (Lipinski definition) is 3. The van der Waals surface area contributed by atoms with Gasteiger partial charge in [0.05, 0.1) is 4.88 Å². The molecule has 0 fully saturated rings. The van der Waals surface area contributed by atoms with Crippen LogP contribution in [-0.2, 0) is 6.42 Å². The molecule has 1 amide bonds. The lowest BCUT2D eigenvalue weighted by Gasteiger charge is -2.08. The highest BCUT2D eigenvalue weighted by Gasteiger charge is 2.30. The van der Waals surface area contributed by atoms with Gasteiger partial charge in [0.25, 0.3) is 5.91 Å². The molecule has 0 unspecified atom stereocenters. The maximum absolute atomic E-state index is 12.0. The topological polar surface area (TPSA) is 52.3 Å². The molecule has 0 aliphatic heterocycles. The monoisotopic (exact) mass is 301 g/mol. The number of carbonyl (C=O) groups excluding carboxylic acids is 1. The second kappa shape index (κ2) is 5.54. The van der Waals surface area contributed by atoms with Crippen LogP contribution in [-0.4, -0.2) is 12.3 Å². The lowest BCUT2D eigenvalue weighted by molar-refractivity contribution is -0.274. The summed E-state index contributed by atoms with van der Waals surface area (Å²) in [6, 6.07) is 9.00. The molecule has 0 bridgehead atoms. The largest absolute Gasteiger partial charge is 0.573 e. The first kappa shape index (κ1) is 14.4. The molecule has 0 spiro atoms. The highest BCUT2D eigenvalue weighted by molar-refractivity contribution is 7.14. The van der Waals surface area contributed by atoms with Gasteiger partial charge in [0.15, 0.2) is 0 Å². The van der Waals surface area contributed by atoms with Crippen molar-refractivity contribution < 1.29 is 22.7 Å². The van der Waals surface area contributed by atoms with Crippen molar-refractivity contribution in [3.63, 3.8) is 0 Å². The number of nitrogens with two attached hydrogens (primary N) is 1. The Morgan fingerprint density at radius 1 is 1.15 bits per heavy atom. The molecule has 0 atom stereocenters. The number of primary amides is 1. The fraction of sp³-hybridized carbons (Fsp3) is 0.154. The Bertz CT molecular complexity index is 605. The second-order valence-corrected chi connectivity index (χ2v) is 5.17. The molecule has 106 valence electrons. The third-order valence-electron chi connectivity index (χ3n) is 2.44. The number of rotatable bonds is 4. The van der Waals surface area contributed by atoms with Gasteiger partial charge in [-0.3, -0.25) is 4.79 Å². The van der Waals surface area contributed by atoms with Crippen molar-refractivity contribution in [1.82, 2.24) is 0 Å². The molecule has 0 radical (unpaired) electrons. The lowest BCUT2D eigenvalue weighted by Crippen LogP contribution is -2.17. The summed E-state index contributed by atoms with van der Waals surface area (Å²) in [6.45, 7) is 0. The molecule has 0 saturated carbocycles. The highest BCUT2D eigenvalue weighted by Crippen LogP contribution is 2.24. The first-order valence-corrected chi connectivity index (χ1v) is 6.38. The van der Waals surface area contributed by atoms with Crippen molar-refractivity contribution in [2.45, 2.75) is 12.8 Å². The van der Waals surface area contributed by atoms with Crippen LogP contribution in [0.2, 0.25) is 0 Å². The molecule has 0 saturated heterocycles. The van der Waals surface area contributed by atoms with Gasteiger partial charge in [-0.15, -0.1) is 24.5 Å². The standard InChI is InChI=1S/C13H10F3NO2S/c14-13(15,16)19-9-3-1-8(2-4-9)7-10-5-6-11(20-10)12(17)18/h1-6H,7H2,(H2,17,18). The molecule has 7 heteroatoms. The Balaban J connectivity index is 2.04. The van der Waals surface area contributed by atoms with Gasteiger partial charge in [0.2, 0.25) is 0 Å². The average Bonchev–Trinajstić information content (AvgIpc) is 2.78. The molecule has 3 nitrogen and oxygen atoms in total. The van der Waals surface area contributed by atoms with Gasteiger partial charge < -0.3 is 10.5 Å². The zero-order valence-corrected chi connectivity index (χ0v) is 10.9. The Morgan fingerprint density at radius 3 is 2.30 bits per heavy atom. The first-order valence-electron chi connectivity index (χ1n) is 5.57. The number of alkyl halides is 3. The van der Waals surface area contributed by atoms with Gasteiger partial charge in [-0.1, -0.05) is 12.1 Å². The highest BCUT2D eigenvalue weighted by atomic mass is 32.1. The van der Waals surface area contributed by atoms with Gasteiger partial charge in [0.1, 0.15) is 5.75 Å². The van der Waals surface area contributed by atoms with Crippen molar-refractivity contribution in [1.29, 1.82) is 0 Å². The molecule has 0 aliphatic rings. The molecule has 2 N–H and O–H groups in total. The van der Waals surface area contributed by atoms with Gasteiger partial charge in [-0.05, 0) is 29.8 Å². The summed E-state index contributed by atoms with van der Waals surface area (Å²) in [5.74, 6) is -0.750. The average molecular weight is 301 g/mol. The first-order chi connectivity index (χ1) is 9.33. The fourth-order valence-electron chi connectivity index (χ4n) is 1.62. The second-order valence-electron chi connectivity index (χ2n) is 4.00. The maximum atomic E-state index is 12.0. The zero-order chi connectivity index (χ0) is 14.8. The van der Waals surface area contributed by atoms with Crippen LogP contribution in [0.1, 0.15) is 20.1 Å². The summed E-state index contributed by atoms with van der Waals surface area (Å²) in [5.41, 5.74) is 5.96. The molecule has 1 heterocycles. The Labute approximate surface area is 116 Å². The Morgan fingerprint density at radius 2 is 1.80 bits per heavy atom. The Kier molecular flexibility index (Phi) is 3.99. The van der Waals surface area contributed by atoms with Crippen LogP contribution in [0, 0.1) is 0 Å². The number of halogens is 3. The molecule has 1 aromatic heterocycles. The molecule has 1 aromatic carbocycles. The minimum Gasteiger partial charge on any atom is -0.406 e. The summed E-state index contributed by atoms with van der Waals surface area (Å²) >= 11 is 1.26. The van der Waals surface area contributed by atoms with Crippen LogP contribution >= 0.6 is 11.3 Å². The normalized spacial score (nSPS) is 11.3. The van der Waals surface area contributed by atoms with E-state index in [2.05, 4.69) is 4.74 Å². The van der Waals surface area contributed by atoms with E-state index in [1.54, 1.807) is 24.3 Å². The molecule has 0 aliphatic carbocycles. The maximum Gasteiger partial charge on any atom is 0.573 e. The fourth-order valence-corrected chi connectivity index (χ4v) is 2.51. The molecule has 20 heavy (non-hydrogen) atoms. The number of benzene rings is 1. The molecule has 2 rings (SSSR count). The third-order valence-corrected chi connectivity index (χ3v) is 3.54.